The normalized spacial score (nSPS) is 21.8. The van der Waals surface area contributed by atoms with E-state index in [0.29, 0.717) is 0 Å². The van der Waals surface area contributed by atoms with Crippen LogP contribution >= 0.6 is 15.9 Å². The zero-order valence-electron chi connectivity index (χ0n) is 10.7. The van der Waals surface area contributed by atoms with Crippen LogP contribution in [0, 0.1) is 0 Å². The lowest BCUT2D eigenvalue weighted by atomic mass is 9.96. The lowest BCUT2D eigenvalue weighted by molar-refractivity contribution is -0.140. The maximum Gasteiger partial charge on any atom is 0.314 e. The summed E-state index contributed by atoms with van der Waals surface area (Å²) < 4.78 is 6.70. The highest BCUT2D eigenvalue weighted by atomic mass is 79.9. The smallest absolute Gasteiger partial charge is 0.314 e. The third-order valence-corrected chi connectivity index (χ3v) is 4.59. The van der Waals surface area contributed by atoms with E-state index < -0.39 is 11.4 Å². The number of hydrogen-bond donors (Lipinski definition) is 1. The second-order valence-corrected chi connectivity index (χ2v) is 6.35. The topological polar surface area (TPSA) is 49.8 Å². The summed E-state index contributed by atoms with van der Waals surface area (Å²) in [5, 5.41) is 9.29. The van der Waals surface area contributed by atoms with Gasteiger partial charge in [-0.2, -0.15) is 0 Å². The van der Waals surface area contributed by atoms with Crippen molar-refractivity contribution >= 4 is 21.9 Å². The molecular formula is C14H16BrNO3. The summed E-state index contributed by atoms with van der Waals surface area (Å²) in [4.78, 5) is 13.5. The van der Waals surface area contributed by atoms with Crippen molar-refractivity contribution in [3.8, 4) is 5.75 Å². The van der Waals surface area contributed by atoms with Crippen molar-refractivity contribution in [3.63, 3.8) is 0 Å². The van der Waals surface area contributed by atoms with Crippen molar-refractivity contribution < 1.29 is 14.6 Å². The summed E-state index contributed by atoms with van der Waals surface area (Å²) in [5.41, 5.74) is 0.211. The van der Waals surface area contributed by atoms with Crippen LogP contribution in [0.4, 0.5) is 0 Å². The van der Waals surface area contributed by atoms with Gasteiger partial charge in [-0.15, -0.1) is 0 Å². The minimum atomic E-state index is -0.728. The molecule has 19 heavy (non-hydrogen) atoms. The van der Waals surface area contributed by atoms with E-state index in [0.717, 1.165) is 41.7 Å². The van der Waals surface area contributed by atoms with Gasteiger partial charge in [0.15, 0.2) is 0 Å². The number of hydrogen-bond acceptors (Lipinski definition) is 3. The number of carboxylic acid groups (broad SMARTS) is 1. The zero-order chi connectivity index (χ0) is 13.6. The van der Waals surface area contributed by atoms with Gasteiger partial charge in [0.25, 0.3) is 0 Å². The number of likely N-dealkylation sites (N-methyl/N-ethyl adjacent to an activating group) is 1. The molecule has 1 saturated carbocycles. The Hall–Kier alpha value is -1.07. The molecule has 2 aliphatic rings. The molecule has 0 amide bonds. The Morgan fingerprint density at radius 1 is 1.47 bits per heavy atom. The average Bonchev–Trinajstić information content (AvgIpc) is 3.10. The molecule has 2 fully saturated rings. The summed E-state index contributed by atoms with van der Waals surface area (Å²) >= 11 is 3.48. The molecule has 1 aliphatic carbocycles. The molecule has 5 heteroatoms. The molecular weight excluding hydrogens is 310 g/mol. The van der Waals surface area contributed by atoms with Crippen LogP contribution in [0.3, 0.4) is 0 Å². The van der Waals surface area contributed by atoms with Gasteiger partial charge in [0, 0.05) is 13.1 Å². The average molecular weight is 326 g/mol. The summed E-state index contributed by atoms with van der Waals surface area (Å²) in [5.74, 6) is 0.0664. The Morgan fingerprint density at radius 2 is 2.16 bits per heavy atom. The number of likely N-dealkylation sites (tertiary alicyclic amines) is 1. The van der Waals surface area contributed by atoms with E-state index in [-0.39, 0.29) is 6.10 Å². The molecule has 1 heterocycles. The number of ether oxygens (including phenoxy) is 1. The van der Waals surface area contributed by atoms with Gasteiger partial charge >= 0.3 is 5.97 Å². The molecule has 1 aromatic carbocycles. The quantitative estimate of drug-likeness (QED) is 0.922. The largest absolute Gasteiger partial charge is 0.487 e. The summed E-state index contributed by atoms with van der Waals surface area (Å²) in [6.07, 6.45) is 1.69. The van der Waals surface area contributed by atoms with E-state index >= 15 is 0 Å². The lowest BCUT2D eigenvalue weighted by Crippen LogP contribution is -2.51. The first kappa shape index (κ1) is 12.9. The first-order valence-electron chi connectivity index (χ1n) is 6.40. The fourth-order valence-corrected chi connectivity index (χ4v) is 3.01. The van der Waals surface area contributed by atoms with Gasteiger partial charge < -0.3 is 9.84 Å². The number of carboxylic acids is 1. The first-order valence-corrected chi connectivity index (χ1v) is 7.19. The van der Waals surface area contributed by atoms with Gasteiger partial charge in [0.1, 0.15) is 11.9 Å². The van der Waals surface area contributed by atoms with Crippen LogP contribution in [0.15, 0.2) is 22.7 Å². The molecule has 0 spiro atoms. The molecule has 0 bridgehead atoms. The number of benzene rings is 1. The van der Waals surface area contributed by atoms with Gasteiger partial charge in [-0.3, -0.25) is 9.69 Å². The zero-order valence-corrected chi connectivity index (χ0v) is 12.3. The van der Waals surface area contributed by atoms with Crippen molar-refractivity contribution in [1.29, 1.82) is 0 Å². The van der Waals surface area contributed by atoms with Gasteiger partial charge in [0.2, 0.25) is 0 Å². The van der Waals surface area contributed by atoms with E-state index in [1.54, 1.807) is 0 Å². The molecule has 1 aliphatic heterocycles. The highest BCUT2D eigenvalue weighted by Gasteiger charge is 2.51. The standard InChI is InChI=1S/C14H16BrNO3/c1-16-7-10(8-16)19-12-3-2-9(6-11(12)15)14(4-5-14)13(17)18/h2-3,6,10H,4-5,7-8H2,1H3,(H,17,18). The summed E-state index contributed by atoms with van der Waals surface area (Å²) in [7, 11) is 2.06. The molecule has 1 N–H and O–H groups in total. The van der Waals surface area contributed by atoms with Crippen LogP contribution < -0.4 is 4.74 Å². The Labute approximate surface area is 120 Å². The molecule has 3 rings (SSSR count). The van der Waals surface area contributed by atoms with Gasteiger partial charge in [-0.05, 0) is 53.5 Å². The van der Waals surface area contributed by atoms with Crippen LogP contribution in [-0.2, 0) is 10.2 Å². The molecule has 0 atom stereocenters. The maximum atomic E-state index is 11.3. The van der Waals surface area contributed by atoms with Crippen molar-refractivity contribution in [2.45, 2.75) is 24.4 Å². The molecule has 1 aromatic rings. The van der Waals surface area contributed by atoms with Crippen molar-refractivity contribution in [2.75, 3.05) is 20.1 Å². The van der Waals surface area contributed by atoms with E-state index in [2.05, 4.69) is 27.9 Å². The van der Waals surface area contributed by atoms with Crippen LogP contribution in [-0.4, -0.2) is 42.2 Å². The van der Waals surface area contributed by atoms with Gasteiger partial charge in [-0.25, -0.2) is 0 Å². The van der Waals surface area contributed by atoms with E-state index in [1.165, 1.54) is 0 Å². The Balaban J connectivity index is 1.77. The van der Waals surface area contributed by atoms with Crippen molar-refractivity contribution in [1.82, 2.24) is 4.90 Å². The van der Waals surface area contributed by atoms with E-state index in [9.17, 15) is 9.90 Å². The molecule has 102 valence electrons. The van der Waals surface area contributed by atoms with Crippen LogP contribution in [0.1, 0.15) is 18.4 Å². The summed E-state index contributed by atoms with van der Waals surface area (Å²) in [6.45, 7) is 1.88. The molecule has 0 aromatic heterocycles. The van der Waals surface area contributed by atoms with Crippen molar-refractivity contribution in [2.24, 2.45) is 0 Å². The Bertz CT molecular complexity index is 521. The van der Waals surface area contributed by atoms with Gasteiger partial charge in [-0.1, -0.05) is 6.07 Å². The number of aliphatic carboxylic acids is 1. The highest BCUT2D eigenvalue weighted by Crippen LogP contribution is 2.49. The van der Waals surface area contributed by atoms with Gasteiger partial charge in [0.05, 0.1) is 9.89 Å². The van der Waals surface area contributed by atoms with Crippen LogP contribution in [0.5, 0.6) is 5.75 Å². The highest BCUT2D eigenvalue weighted by molar-refractivity contribution is 9.10. The molecule has 4 nitrogen and oxygen atoms in total. The Morgan fingerprint density at radius 3 is 2.63 bits per heavy atom. The maximum absolute atomic E-state index is 11.3. The number of nitrogens with zero attached hydrogens (tertiary/aromatic N) is 1. The second kappa shape index (κ2) is 4.49. The minimum absolute atomic E-state index is 0.238. The second-order valence-electron chi connectivity index (χ2n) is 5.49. The fraction of sp³-hybridized carbons (Fsp3) is 0.500. The predicted octanol–water partition coefficient (Wildman–Crippen LogP) is 2.26. The van der Waals surface area contributed by atoms with E-state index in [4.69, 9.17) is 4.74 Å². The first-order chi connectivity index (χ1) is 9.01. The third kappa shape index (κ3) is 2.25. The van der Waals surface area contributed by atoms with Crippen LogP contribution in [0.25, 0.3) is 0 Å². The number of rotatable bonds is 4. The fourth-order valence-electron chi connectivity index (χ4n) is 2.54. The van der Waals surface area contributed by atoms with Crippen molar-refractivity contribution in [3.05, 3.63) is 28.2 Å². The number of carbonyl (C=O) groups is 1. The monoisotopic (exact) mass is 325 g/mol. The lowest BCUT2D eigenvalue weighted by Gasteiger charge is -2.36. The molecule has 0 radical (unpaired) electrons. The number of halogens is 1. The van der Waals surface area contributed by atoms with E-state index in [1.807, 2.05) is 18.2 Å². The minimum Gasteiger partial charge on any atom is -0.487 e. The summed E-state index contributed by atoms with van der Waals surface area (Å²) in [6, 6.07) is 5.64. The molecule has 1 saturated heterocycles. The Kier molecular flexibility index (Phi) is 3.06. The van der Waals surface area contributed by atoms with Crippen LogP contribution in [0.2, 0.25) is 0 Å². The predicted molar refractivity (Wildman–Crippen MR) is 74.6 cm³/mol. The third-order valence-electron chi connectivity index (χ3n) is 3.97. The molecule has 0 unspecified atom stereocenters. The SMILES string of the molecule is CN1CC(Oc2ccc(C3(C(=O)O)CC3)cc2Br)C1.